The van der Waals surface area contributed by atoms with E-state index in [1.807, 2.05) is 54.6 Å². The summed E-state index contributed by atoms with van der Waals surface area (Å²) in [5, 5.41) is 4.68. The Balaban J connectivity index is 1.78. The Labute approximate surface area is 179 Å². The summed E-state index contributed by atoms with van der Waals surface area (Å²) < 4.78 is 17.8. The molecule has 0 atom stereocenters. The minimum Gasteiger partial charge on any atom is -0.493 e. The smallest absolute Gasteiger partial charge is 0.360 e. The fourth-order valence-electron chi connectivity index (χ4n) is 3.37. The fourth-order valence-corrected chi connectivity index (χ4v) is 3.37. The van der Waals surface area contributed by atoms with E-state index in [-0.39, 0.29) is 18.1 Å². The molecule has 0 amide bonds. The van der Waals surface area contributed by atoms with Gasteiger partial charge in [0.1, 0.15) is 12.4 Å². The van der Waals surface area contributed by atoms with E-state index >= 15 is 0 Å². The first-order valence-electron chi connectivity index (χ1n) is 9.98. The van der Waals surface area contributed by atoms with Crippen molar-refractivity contribution in [3.05, 3.63) is 93.9 Å². The molecule has 2 aromatic carbocycles. The van der Waals surface area contributed by atoms with Crippen molar-refractivity contribution in [2.75, 3.05) is 13.7 Å². The molecule has 0 bridgehead atoms. The van der Waals surface area contributed by atoms with Crippen LogP contribution in [0.3, 0.4) is 0 Å². The van der Waals surface area contributed by atoms with Gasteiger partial charge in [-0.15, -0.1) is 0 Å². The fraction of sp³-hybridized carbons (Fsp3) is 0.208. The molecule has 0 saturated heterocycles. The number of rotatable bonds is 5. The summed E-state index contributed by atoms with van der Waals surface area (Å²) >= 11 is 0. The van der Waals surface area contributed by atoms with Crippen LogP contribution in [0, 0.1) is 0 Å². The van der Waals surface area contributed by atoms with Gasteiger partial charge in [-0.3, -0.25) is 4.79 Å². The van der Waals surface area contributed by atoms with Crippen LogP contribution >= 0.6 is 0 Å². The Bertz CT molecular complexity index is 1170. The molecule has 158 valence electrons. The molecular weight excluding hydrogens is 396 g/mol. The first-order valence-corrected chi connectivity index (χ1v) is 9.98. The number of methoxy groups -OCH3 is 1. The number of carbonyl (C=O) groups is 1. The molecule has 1 aromatic heterocycles. The minimum atomic E-state index is -0.705. The zero-order valence-corrected chi connectivity index (χ0v) is 17.1. The lowest BCUT2D eigenvalue weighted by molar-refractivity contribution is 0.0582. The lowest BCUT2D eigenvalue weighted by Gasteiger charge is -2.14. The number of fused-ring (bicyclic) bond motifs is 1. The molecule has 0 radical (unpaired) electrons. The molecule has 4 rings (SSSR count). The zero-order chi connectivity index (χ0) is 21.6. The lowest BCUT2D eigenvalue weighted by Crippen LogP contribution is -2.20. The second kappa shape index (κ2) is 9.30. The van der Waals surface area contributed by atoms with Gasteiger partial charge in [-0.2, -0.15) is 5.10 Å². The van der Waals surface area contributed by atoms with Gasteiger partial charge in [0.25, 0.3) is 0 Å². The van der Waals surface area contributed by atoms with Crippen molar-refractivity contribution in [3.63, 3.8) is 0 Å². The highest BCUT2D eigenvalue weighted by atomic mass is 16.5. The normalized spacial score (nSPS) is 14.3. The standard InChI is InChI=1S/C24H22N2O5/c1-29-24(28)22-23(31-16-17-8-3-2-4-9-17)20(27)13-14-26(22)25-19-11-7-15-30-21-12-6-5-10-18(19)21/h2-6,8-10,12-14H,7,11,15-16H2,1H3. The number of aromatic nitrogens is 1. The number of hydrogen-bond acceptors (Lipinski definition) is 6. The Morgan fingerprint density at radius 1 is 1.10 bits per heavy atom. The molecule has 3 aromatic rings. The van der Waals surface area contributed by atoms with Gasteiger partial charge < -0.3 is 14.2 Å². The predicted molar refractivity (Wildman–Crippen MR) is 116 cm³/mol. The monoisotopic (exact) mass is 418 g/mol. The number of benzene rings is 2. The van der Waals surface area contributed by atoms with E-state index in [4.69, 9.17) is 14.2 Å². The molecule has 0 spiro atoms. The van der Waals surface area contributed by atoms with E-state index in [2.05, 4.69) is 5.10 Å². The van der Waals surface area contributed by atoms with Crippen molar-refractivity contribution < 1.29 is 19.0 Å². The highest BCUT2D eigenvalue weighted by molar-refractivity contribution is 6.03. The molecule has 2 heterocycles. The van der Waals surface area contributed by atoms with Crippen molar-refractivity contribution in [2.45, 2.75) is 19.4 Å². The van der Waals surface area contributed by atoms with Crippen molar-refractivity contribution >= 4 is 11.7 Å². The van der Waals surface area contributed by atoms with Gasteiger partial charge in [0, 0.05) is 17.8 Å². The lowest BCUT2D eigenvalue weighted by atomic mass is 10.1. The maximum Gasteiger partial charge on any atom is 0.360 e. The van der Waals surface area contributed by atoms with Gasteiger partial charge in [0.05, 0.1) is 19.4 Å². The summed E-state index contributed by atoms with van der Waals surface area (Å²) in [6.07, 6.45) is 2.88. The maximum atomic E-state index is 12.6. The van der Waals surface area contributed by atoms with Crippen LogP contribution in [0.15, 0.2) is 76.8 Å². The third-order valence-electron chi connectivity index (χ3n) is 4.88. The second-order valence-corrected chi connectivity index (χ2v) is 6.96. The Morgan fingerprint density at radius 3 is 2.68 bits per heavy atom. The van der Waals surface area contributed by atoms with Gasteiger partial charge in [0.15, 0.2) is 11.4 Å². The highest BCUT2D eigenvalue weighted by Crippen LogP contribution is 2.25. The largest absolute Gasteiger partial charge is 0.493 e. The molecule has 0 fully saturated rings. The summed E-state index contributed by atoms with van der Waals surface area (Å²) in [6, 6.07) is 18.3. The van der Waals surface area contributed by atoms with E-state index in [1.54, 1.807) is 0 Å². The second-order valence-electron chi connectivity index (χ2n) is 6.96. The number of nitrogens with zero attached hydrogens (tertiary/aromatic N) is 2. The van der Waals surface area contributed by atoms with Gasteiger partial charge in [0.2, 0.25) is 5.43 Å². The van der Waals surface area contributed by atoms with E-state index < -0.39 is 11.4 Å². The molecular formula is C24H22N2O5. The maximum absolute atomic E-state index is 12.6. The number of para-hydroxylation sites is 1. The van der Waals surface area contributed by atoms with Crippen molar-refractivity contribution in [1.29, 1.82) is 0 Å². The molecule has 7 nitrogen and oxygen atoms in total. The average Bonchev–Trinajstić information content (AvgIpc) is 3.01. The van der Waals surface area contributed by atoms with Gasteiger partial charge in [-0.05, 0) is 30.5 Å². The number of esters is 1. The van der Waals surface area contributed by atoms with Crippen LogP contribution < -0.4 is 14.9 Å². The molecule has 0 saturated carbocycles. The first kappa shape index (κ1) is 20.4. The average molecular weight is 418 g/mol. The Kier molecular flexibility index (Phi) is 6.12. The summed E-state index contributed by atoms with van der Waals surface area (Å²) in [6.45, 7) is 0.715. The van der Waals surface area contributed by atoms with Crippen molar-refractivity contribution in [2.24, 2.45) is 5.10 Å². The van der Waals surface area contributed by atoms with Gasteiger partial charge in [-0.25, -0.2) is 9.47 Å². The summed E-state index contributed by atoms with van der Waals surface area (Å²) in [4.78, 5) is 25.2. The SMILES string of the molecule is COC(=O)c1c(OCc2ccccc2)c(=O)ccn1N=C1CCCOc2ccccc21. The number of pyridine rings is 1. The third-order valence-corrected chi connectivity index (χ3v) is 4.88. The Hall–Kier alpha value is -3.87. The summed E-state index contributed by atoms with van der Waals surface area (Å²) in [5.41, 5.74) is 1.99. The number of hydrogen-bond donors (Lipinski definition) is 0. The topological polar surface area (TPSA) is 79.1 Å². The van der Waals surface area contributed by atoms with Crippen LogP contribution in [0.5, 0.6) is 11.5 Å². The summed E-state index contributed by atoms with van der Waals surface area (Å²) in [5.74, 6) is -0.0658. The Morgan fingerprint density at radius 2 is 1.87 bits per heavy atom. The van der Waals surface area contributed by atoms with E-state index in [1.165, 1.54) is 24.0 Å². The van der Waals surface area contributed by atoms with Crippen LogP contribution in [0.1, 0.15) is 34.5 Å². The highest BCUT2D eigenvalue weighted by Gasteiger charge is 2.23. The molecule has 0 aliphatic carbocycles. The first-order chi connectivity index (χ1) is 15.2. The molecule has 1 aliphatic heterocycles. The third kappa shape index (κ3) is 4.50. The van der Waals surface area contributed by atoms with Crippen LogP contribution in [0.4, 0.5) is 0 Å². The van der Waals surface area contributed by atoms with Crippen LogP contribution in [-0.4, -0.2) is 30.1 Å². The van der Waals surface area contributed by atoms with E-state index in [9.17, 15) is 9.59 Å². The quantitative estimate of drug-likeness (QED) is 0.591. The molecule has 7 heteroatoms. The van der Waals surface area contributed by atoms with Gasteiger partial charge >= 0.3 is 5.97 Å². The number of ether oxygens (including phenoxy) is 3. The number of carbonyl (C=O) groups excluding carboxylic acids is 1. The van der Waals surface area contributed by atoms with Crippen molar-refractivity contribution in [1.82, 2.24) is 4.68 Å². The molecule has 0 unspecified atom stereocenters. The zero-order valence-electron chi connectivity index (χ0n) is 17.1. The van der Waals surface area contributed by atoms with Gasteiger partial charge in [-0.1, -0.05) is 42.5 Å². The molecule has 31 heavy (non-hydrogen) atoms. The van der Waals surface area contributed by atoms with E-state index in [0.29, 0.717) is 13.0 Å². The minimum absolute atomic E-state index is 0.0546. The van der Waals surface area contributed by atoms with Crippen LogP contribution in [0.2, 0.25) is 0 Å². The summed E-state index contributed by atoms with van der Waals surface area (Å²) in [7, 11) is 1.26. The van der Waals surface area contributed by atoms with E-state index in [0.717, 1.165) is 29.0 Å². The predicted octanol–water partition coefficient (Wildman–Crippen LogP) is 3.64. The van der Waals surface area contributed by atoms with Crippen LogP contribution in [0.25, 0.3) is 0 Å². The van der Waals surface area contributed by atoms with Crippen LogP contribution in [-0.2, 0) is 11.3 Å². The van der Waals surface area contributed by atoms with Crippen molar-refractivity contribution in [3.8, 4) is 11.5 Å². The molecule has 1 aliphatic rings. The molecule has 0 N–H and O–H groups in total.